The van der Waals surface area contributed by atoms with Crippen molar-refractivity contribution in [1.29, 1.82) is 0 Å². The summed E-state index contributed by atoms with van der Waals surface area (Å²) >= 11 is 0. The van der Waals surface area contributed by atoms with Crippen molar-refractivity contribution < 1.29 is 4.74 Å². The second-order valence-corrected chi connectivity index (χ2v) is 3.38. The lowest BCUT2D eigenvalue weighted by Crippen LogP contribution is -2.12. The number of methoxy groups -OCH3 is 1. The Labute approximate surface area is 78.9 Å². The molecule has 0 bridgehead atoms. The van der Waals surface area contributed by atoms with E-state index >= 15 is 0 Å². The molecule has 1 aliphatic heterocycles. The normalized spacial score (nSPS) is 16.1. The fourth-order valence-electron chi connectivity index (χ4n) is 1.85. The van der Waals surface area contributed by atoms with Gasteiger partial charge in [0.1, 0.15) is 5.75 Å². The van der Waals surface area contributed by atoms with Crippen molar-refractivity contribution in [3.05, 3.63) is 29.3 Å². The van der Waals surface area contributed by atoms with Gasteiger partial charge >= 0.3 is 0 Å². The van der Waals surface area contributed by atoms with Crippen LogP contribution in [0.4, 0.5) is 0 Å². The summed E-state index contributed by atoms with van der Waals surface area (Å²) in [6.45, 7) is 2.05. The topological polar surface area (TPSA) is 21.3 Å². The van der Waals surface area contributed by atoms with E-state index in [2.05, 4.69) is 17.4 Å². The van der Waals surface area contributed by atoms with E-state index in [4.69, 9.17) is 4.74 Å². The van der Waals surface area contributed by atoms with Gasteiger partial charge in [-0.05, 0) is 31.0 Å². The van der Waals surface area contributed by atoms with Crippen LogP contribution in [0.15, 0.2) is 18.2 Å². The van der Waals surface area contributed by atoms with Gasteiger partial charge in [0, 0.05) is 12.1 Å². The van der Waals surface area contributed by atoms with Crippen LogP contribution in [0, 0.1) is 0 Å². The first kappa shape index (κ1) is 8.57. The number of benzene rings is 1. The first-order valence-electron chi connectivity index (χ1n) is 4.77. The number of rotatable bonds is 1. The molecule has 13 heavy (non-hydrogen) atoms. The average Bonchev–Trinajstić information content (AvgIpc) is 2.41. The minimum Gasteiger partial charge on any atom is -0.496 e. The third kappa shape index (κ3) is 1.68. The second-order valence-electron chi connectivity index (χ2n) is 3.38. The third-order valence-corrected chi connectivity index (χ3v) is 2.55. The summed E-state index contributed by atoms with van der Waals surface area (Å²) in [5, 5.41) is 3.40. The predicted molar refractivity (Wildman–Crippen MR) is 53.0 cm³/mol. The molecule has 1 aromatic rings. The van der Waals surface area contributed by atoms with Crippen molar-refractivity contribution in [3.8, 4) is 5.75 Å². The highest BCUT2D eigenvalue weighted by atomic mass is 16.5. The van der Waals surface area contributed by atoms with Gasteiger partial charge in [-0.25, -0.2) is 0 Å². The number of hydrogen-bond acceptors (Lipinski definition) is 2. The number of nitrogens with one attached hydrogen (secondary N) is 1. The Kier molecular flexibility index (Phi) is 2.50. The van der Waals surface area contributed by atoms with Crippen LogP contribution in [0.5, 0.6) is 5.75 Å². The number of hydrogen-bond donors (Lipinski definition) is 1. The van der Waals surface area contributed by atoms with Crippen molar-refractivity contribution in [2.75, 3.05) is 13.7 Å². The van der Waals surface area contributed by atoms with Crippen molar-refractivity contribution >= 4 is 0 Å². The summed E-state index contributed by atoms with van der Waals surface area (Å²) in [5.74, 6) is 1.02. The van der Waals surface area contributed by atoms with E-state index < -0.39 is 0 Å². The molecule has 1 aliphatic rings. The molecule has 0 saturated heterocycles. The molecule has 70 valence electrons. The van der Waals surface area contributed by atoms with Gasteiger partial charge in [0.25, 0.3) is 0 Å². The summed E-state index contributed by atoms with van der Waals surface area (Å²) < 4.78 is 5.33. The lowest BCUT2D eigenvalue weighted by Gasteiger charge is -2.10. The summed E-state index contributed by atoms with van der Waals surface area (Å²) in [7, 11) is 1.74. The fourth-order valence-corrected chi connectivity index (χ4v) is 1.85. The Hall–Kier alpha value is -1.02. The van der Waals surface area contributed by atoms with Crippen LogP contribution >= 0.6 is 0 Å². The van der Waals surface area contributed by atoms with Gasteiger partial charge in [0.05, 0.1) is 7.11 Å². The lowest BCUT2D eigenvalue weighted by atomic mass is 10.0. The molecule has 1 aromatic carbocycles. The molecular formula is C11H15NO. The standard InChI is InChI=1S/C11H15NO/c1-13-11-6-2-4-9-5-3-7-12-8-10(9)11/h2,4,6,12H,3,5,7-8H2,1H3. The number of aryl methyl sites for hydroxylation is 1. The Morgan fingerprint density at radius 3 is 3.15 bits per heavy atom. The van der Waals surface area contributed by atoms with Crippen LogP contribution < -0.4 is 10.1 Å². The molecule has 0 amide bonds. The van der Waals surface area contributed by atoms with Gasteiger partial charge in [0.15, 0.2) is 0 Å². The van der Waals surface area contributed by atoms with Gasteiger partial charge in [-0.2, -0.15) is 0 Å². The molecule has 0 aromatic heterocycles. The van der Waals surface area contributed by atoms with Crippen LogP contribution in [0.1, 0.15) is 17.5 Å². The van der Waals surface area contributed by atoms with E-state index in [0.717, 1.165) is 18.8 Å². The monoisotopic (exact) mass is 177 g/mol. The van der Waals surface area contributed by atoms with E-state index in [-0.39, 0.29) is 0 Å². The first-order valence-corrected chi connectivity index (χ1v) is 4.77. The van der Waals surface area contributed by atoms with Crippen molar-refractivity contribution in [1.82, 2.24) is 5.32 Å². The minimum atomic E-state index is 0.944. The maximum absolute atomic E-state index is 5.33. The zero-order valence-electron chi connectivity index (χ0n) is 7.97. The Morgan fingerprint density at radius 2 is 2.31 bits per heavy atom. The van der Waals surface area contributed by atoms with Crippen LogP contribution in [-0.2, 0) is 13.0 Å². The molecule has 0 atom stereocenters. The lowest BCUT2D eigenvalue weighted by molar-refractivity contribution is 0.408. The van der Waals surface area contributed by atoms with Crippen LogP contribution in [-0.4, -0.2) is 13.7 Å². The molecule has 1 N–H and O–H groups in total. The molecule has 0 unspecified atom stereocenters. The van der Waals surface area contributed by atoms with Crippen molar-refractivity contribution in [3.63, 3.8) is 0 Å². The van der Waals surface area contributed by atoms with E-state index in [9.17, 15) is 0 Å². The molecule has 0 saturated carbocycles. The van der Waals surface area contributed by atoms with Gasteiger partial charge in [-0.15, -0.1) is 0 Å². The van der Waals surface area contributed by atoms with Gasteiger partial charge in [-0.3, -0.25) is 0 Å². The zero-order valence-corrected chi connectivity index (χ0v) is 7.97. The number of ether oxygens (including phenoxy) is 1. The van der Waals surface area contributed by atoms with Crippen LogP contribution in [0.25, 0.3) is 0 Å². The van der Waals surface area contributed by atoms with Crippen molar-refractivity contribution in [2.24, 2.45) is 0 Å². The van der Waals surface area contributed by atoms with E-state index in [1.165, 1.54) is 24.0 Å². The van der Waals surface area contributed by atoms with Crippen LogP contribution in [0.3, 0.4) is 0 Å². The number of fused-ring (bicyclic) bond motifs is 1. The largest absolute Gasteiger partial charge is 0.496 e. The van der Waals surface area contributed by atoms with Gasteiger partial charge < -0.3 is 10.1 Å². The van der Waals surface area contributed by atoms with Crippen molar-refractivity contribution in [2.45, 2.75) is 19.4 Å². The maximum atomic E-state index is 5.33. The molecule has 0 aliphatic carbocycles. The summed E-state index contributed by atoms with van der Waals surface area (Å²) in [4.78, 5) is 0. The highest BCUT2D eigenvalue weighted by Gasteiger charge is 2.10. The molecule has 1 heterocycles. The smallest absolute Gasteiger partial charge is 0.123 e. The van der Waals surface area contributed by atoms with E-state index in [1.807, 2.05) is 6.07 Å². The quantitative estimate of drug-likeness (QED) is 0.705. The maximum Gasteiger partial charge on any atom is 0.123 e. The molecule has 0 fully saturated rings. The Balaban J connectivity index is 2.40. The molecular weight excluding hydrogens is 162 g/mol. The summed E-state index contributed by atoms with van der Waals surface area (Å²) in [6, 6.07) is 6.31. The Morgan fingerprint density at radius 1 is 1.38 bits per heavy atom. The van der Waals surface area contributed by atoms with E-state index in [0.29, 0.717) is 0 Å². The Bertz CT molecular complexity index is 296. The molecule has 2 nitrogen and oxygen atoms in total. The first-order chi connectivity index (χ1) is 6.42. The molecule has 2 heteroatoms. The summed E-state index contributed by atoms with van der Waals surface area (Å²) in [6.07, 6.45) is 2.39. The third-order valence-electron chi connectivity index (χ3n) is 2.55. The van der Waals surface area contributed by atoms with Gasteiger partial charge in [0.2, 0.25) is 0 Å². The van der Waals surface area contributed by atoms with Gasteiger partial charge in [-0.1, -0.05) is 12.1 Å². The zero-order chi connectivity index (χ0) is 9.10. The summed E-state index contributed by atoms with van der Waals surface area (Å²) in [5.41, 5.74) is 2.77. The predicted octanol–water partition coefficient (Wildman–Crippen LogP) is 1.73. The highest BCUT2D eigenvalue weighted by molar-refractivity contribution is 5.40. The van der Waals surface area contributed by atoms with E-state index in [1.54, 1.807) is 7.11 Å². The second kappa shape index (κ2) is 3.79. The fraction of sp³-hybridized carbons (Fsp3) is 0.455. The molecule has 2 rings (SSSR count). The minimum absolute atomic E-state index is 0.944. The SMILES string of the molecule is COc1cccc2c1CNCCC2. The molecule has 0 spiro atoms. The highest BCUT2D eigenvalue weighted by Crippen LogP contribution is 2.24. The molecule has 0 radical (unpaired) electrons. The average molecular weight is 177 g/mol. The van der Waals surface area contributed by atoms with Crippen LogP contribution in [0.2, 0.25) is 0 Å².